The molecule has 3 rings (SSSR count). The molecule has 1 heterocycles. The Morgan fingerprint density at radius 2 is 1.92 bits per heavy atom. The van der Waals surface area contributed by atoms with Crippen LogP contribution < -0.4 is 5.32 Å². The number of hydrogen-bond acceptors (Lipinski definition) is 4. The molecule has 0 saturated carbocycles. The van der Waals surface area contributed by atoms with Crippen molar-refractivity contribution in [2.24, 2.45) is 0 Å². The third-order valence-electron chi connectivity index (χ3n) is 3.34. The Morgan fingerprint density at radius 3 is 2.64 bits per heavy atom. The van der Waals surface area contributed by atoms with Gasteiger partial charge in [0.25, 0.3) is 0 Å². The quantitative estimate of drug-likeness (QED) is 0.578. The molecule has 0 bridgehead atoms. The SMILES string of the molecule is O=C(CCc1nc(-c2ccc(Cl)cc2)no1)Nc1ccc(Br)cc1Cl. The fourth-order valence-electron chi connectivity index (χ4n) is 2.10. The molecule has 1 aromatic heterocycles. The van der Waals surface area contributed by atoms with Crippen molar-refractivity contribution >= 4 is 50.7 Å². The fraction of sp³-hybridized carbons (Fsp3) is 0.118. The fourth-order valence-corrected chi connectivity index (χ4v) is 2.94. The van der Waals surface area contributed by atoms with Gasteiger partial charge in [-0.2, -0.15) is 4.98 Å². The standard InChI is InChI=1S/C17H12BrCl2N3O2/c18-11-3-6-14(13(20)9-11)21-15(24)7-8-16-22-17(23-25-16)10-1-4-12(19)5-2-10/h1-6,9H,7-8H2,(H,21,24). The summed E-state index contributed by atoms with van der Waals surface area (Å²) >= 11 is 15.2. The zero-order valence-corrected chi connectivity index (χ0v) is 15.9. The van der Waals surface area contributed by atoms with Gasteiger partial charge in [0.2, 0.25) is 17.6 Å². The number of rotatable bonds is 5. The molecule has 0 saturated heterocycles. The molecule has 0 spiro atoms. The molecule has 0 atom stereocenters. The number of aryl methyl sites for hydroxylation is 1. The van der Waals surface area contributed by atoms with Crippen molar-refractivity contribution in [2.75, 3.05) is 5.32 Å². The molecule has 0 unspecified atom stereocenters. The topological polar surface area (TPSA) is 68.0 Å². The summed E-state index contributed by atoms with van der Waals surface area (Å²) in [4.78, 5) is 16.3. The molecule has 8 heteroatoms. The second-order valence-corrected chi connectivity index (χ2v) is 6.95. The van der Waals surface area contributed by atoms with E-state index in [1.807, 2.05) is 0 Å². The zero-order chi connectivity index (χ0) is 17.8. The Morgan fingerprint density at radius 1 is 1.16 bits per heavy atom. The summed E-state index contributed by atoms with van der Waals surface area (Å²) in [7, 11) is 0. The smallest absolute Gasteiger partial charge is 0.227 e. The first-order valence-corrected chi connectivity index (χ1v) is 8.89. The van der Waals surface area contributed by atoms with Crippen LogP contribution in [-0.2, 0) is 11.2 Å². The van der Waals surface area contributed by atoms with Crippen molar-refractivity contribution in [3.8, 4) is 11.4 Å². The number of nitrogens with one attached hydrogen (secondary N) is 1. The number of aromatic nitrogens is 2. The van der Waals surface area contributed by atoms with Crippen LogP contribution in [0.5, 0.6) is 0 Å². The molecule has 2 aromatic carbocycles. The van der Waals surface area contributed by atoms with Gasteiger partial charge in [-0.05, 0) is 42.5 Å². The van der Waals surface area contributed by atoms with E-state index in [4.69, 9.17) is 27.7 Å². The molecule has 128 valence electrons. The first kappa shape index (κ1) is 17.9. The lowest BCUT2D eigenvalue weighted by Crippen LogP contribution is -2.12. The van der Waals surface area contributed by atoms with Crippen molar-refractivity contribution in [1.82, 2.24) is 10.1 Å². The Bertz CT molecular complexity index is 897. The van der Waals surface area contributed by atoms with E-state index in [9.17, 15) is 4.79 Å². The summed E-state index contributed by atoms with van der Waals surface area (Å²) in [6.07, 6.45) is 0.537. The molecule has 1 amide bonds. The van der Waals surface area contributed by atoms with Gasteiger partial charge in [-0.3, -0.25) is 4.79 Å². The van der Waals surface area contributed by atoms with Crippen molar-refractivity contribution in [3.05, 3.63) is 62.9 Å². The van der Waals surface area contributed by atoms with Crippen LogP contribution in [0.3, 0.4) is 0 Å². The van der Waals surface area contributed by atoms with E-state index < -0.39 is 0 Å². The maximum atomic E-state index is 12.1. The lowest BCUT2D eigenvalue weighted by Gasteiger charge is -2.06. The molecule has 0 fully saturated rings. The third-order valence-corrected chi connectivity index (χ3v) is 4.40. The van der Waals surface area contributed by atoms with Gasteiger partial charge >= 0.3 is 0 Å². The van der Waals surface area contributed by atoms with Gasteiger partial charge < -0.3 is 9.84 Å². The molecular formula is C17H12BrCl2N3O2. The maximum Gasteiger partial charge on any atom is 0.227 e. The molecule has 25 heavy (non-hydrogen) atoms. The largest absolute Gasteiger partial charge is 0.339 e. The Kier molecular flexibility index (Phi) is 5.73. The molecule has 0 aliphatic carbocycles. The highest BCUT2D eigenvalue weighted by Gasteiger charge is 2.12. The van der Waals surface area contributed by atoms with Crippen LogP contribution in [0, 0.1) is 0 Å². The Hall–Kier alpha value is -1.89. The molecule has 3 aromatic rings. The van der Waals surface area contributed by atoms with Crippen LogP contribution in [0.25, 0.3) is 11.4 Å². The second-order valence-electron chi connectivity index (χ2n) is 5.19. The number of anilines is 1. The van der Waals surface area contributed by atoms with Gasteiger partial charge in [0.05, 0.1) is 10.7 Å². The van der Waals surface area contributed by atoms with Crippen LogP contribution in [-0.4, -0.2) is 16.0 Å². The van der Waals surface area contributed by atoms with Crippen LogP contribution in [0.2, 0.25) is 10.0 Å². The van der Waals surface area contributed by atoms with E-state index >= 15 is 0 Å². The van der Waals surface area contributed by atoms with Crippen LogP contribution >= 0.6 is 39.1 Å². The van der Waals surface area contributed by atoms with Gasteiger partial charge in [0.15, 0.2) is 0 Å². The predicted molar refractivity (Wildman–Crippen MR) is 101 cm³/mol. The van der Waals surface area contributed by atoms with Gasteiger partial charge in [-0.15, -0.1) is 0 Å². The van der Waals surface area contributed by atoms with Gasteiger partial charge in [0, 0.05) is 27.9 Å². The van der Waals surface area contributed by atoms with Crippen LogP contribution in [0.1, 0.15) is 12.3 Å². The average Bonchev–Trinajstić information content (AvgIpc) is 3.05. The number of carbonyl (C=O) groups is 1. The molecule has 0 aliphatic rings. The highest BCUT2D eigenvalue weighted by Crippen LogP contribution is 2.26. The van der Waals surface area contributed by atoms with Crippen LogP contribution in [0.15, 0.2) is 51.5 Å². The minimum atomic E-state index is -0.185. The second kappa shape index (κ2) is 7.99. The van der Waals surface area contributed by atoms with E-state index in [1.165, 1.54) is 0 Å². The van der Waals surface area contributed by atoms with Crippen molar-refractivity contribution < 1.29 is 9.32 Å². The summed E-state index contributed by atoms with van der Waals surface area (Å²) in [6, 6.07) is 12.4. The van der Waals surface area contributed by atoms with E-state index in [2.05, 4.69) is 31.4 Å². The molecule has 1 N–H and O–H groups in total. The number of halogens is 3. The number of hydrogen-bond donors (Lipinski definition) is 1. The molecular weight excluding hydrogens is 429 g/mol. The maximum absolute atomic E-state index is 12.1. The Balaban J connectivity index is 1.58. The first-order valence-electron chi connectivity index (χ1n) is 7.35. The lowest BCUT2D eigenvalue weighted by atomic mass is 10.2. The number of benzene rings is 2. The van der Waals surface area contributed by atoms with Crippen molar-refractivity contribution in [2.45, 2.75) is 12.8 Å². The summed E-state index contributed by atoms with van der Waals surface area (Å²) in [6.45, 7) is 0. The summed E-state index contributed by atoms with van der Waals surface area (Å²) in [5.74, 6) is 0.667. The monoisotopic (exact) mass is 439 g/mol. The van der Waals surface area contributed by atoms with Crippen molar-refractivity contribution in [3.63, 3.8) is 0 Å². The summed E-state index contributed by atoms with van der Waals surface area (Å²) in [5.41, 5.74) is 1.35. The average molecular weight is 441 g/mol. The van der Waals surface area contributed by atoms with Gasteiger partial charge in [0.1, 0.15) is 0 Å². The Labute approximate surface area is 162 Å². The first-order chi connectivity index (χ1) is 12.0. The summed E-state index contributed by atoms with van der Waals surface area (Å²) < 4.78 is 6.03. The van der Waals surface area contributed by atoms with E-state index in [1.54, 1.807) is 42.5 Å². The highest BCUT2D eigenvalue weighted by molar-refractivity contribution is 9.10. The number of nitrogens with zero attached hydrogens (tertiary/aromatic N) is 2. The number of amides is 1. The lowest BCUT2D eigenvalue weighted by molar-refractivity contribution is -0.116. The molecule has 0 radical (unpaired) electrons. The van der Waals surface area contributed by atoms with Crippen LogP contribution in [0.4, 0.5) is 5.69 Å². The minimum Gasteiger partial charge on any atom is -0.339 e. The van der Waals surface area contributed by atoms with Gasteiger partial charge in [-0.25, -0.2) is 0 Å². The molecule has 5 nitrogen and oxygen atoms in total. The van der Waals surface area contributed by atoms with Crippen molar-refractivity contribution in [1.29, 1.82) is 0 Å². The predicted octanol–water partition coefficient (Wildman–Crippen LogP) is 5.38. The van der Waals surface area contributed by atoms with E-state index in [0.29, 0.717) is 33.9 Å². The number of carbonyl (C=O) groups excluding carboxylic acids is 1. The summed E-state index contributed by atoms with van der Waals surface area (Å²) in [5, 5.41) is 7.77. The molecule has 0 aliphatic heterocycles. The highest BCUT2D eigenvalue weighted by atomic mass is 79.9. The zero-order valence-electron chi connectivity index (χ0n) is 12.8. The van der Waals surface area contributed by atoms with Gasteiger partial charge in [-0.1, -0.05) is 44.3 Å². The van der Waals surface area contributed by atoms with E-state index in [-0.39, 0.29) is 12.3 Å². The third kappa shape index (κ3) is 4.81. The normalized spacial score (nSPS) is 10.7. The minimum absolute atomic E-state index is 0.185. The van der Waals surface area contributed by atoms with E-state index in [0.717, 1.165) is 10.0 Å².